The molecule has 3 aromatic heterocycles. The van der Waals surface area contributed by atoms with Gasteiger partial charge in [0, 0.05) is 38.9 Å². The number of aromatic amines is 1. The zero-order chi connectivity index (χ0) is 26.1. The van der Waals surface area contributed by atoms with Gasteiger partial charge in [0.25, 0.3) is 0 Å². The number of fused-ring (bicyclic) bond motifs is 11. The van der Waals surface area contributed by atoms with Crippen LogP contribution in [0.25, 0.3) is 43.6 Å². The molecule has 5 unspecified atom stereocenters. The Morgan fingerprint density at radius 3 is 2.27 bits per heavy atom. The number of nitrogens with zero attached hydrogens (tertiary/aromatic N) is 2. The molecule has 40 heavy (non-hydrogen) atoms. The van der Waals surface area contributed by atoms with Crippen molar-refractivity contribution in [1.29, 1.82) is 0 Å². The van der Waals surface area contributed by atoms with Crippen LogP contribution in [0.2, 0.25) is 0 Å². The maximum Gasteiger partial charge on any atom is 0.0979 e. The van der Waals surface area contributed by atoms with Crippen LogP contribution in [0.1, 0.15) is 124 Å². The van der Waals surface area contributed by atoms with Crippen LogP contribution in [-0.2, 0) is 0 Å². The lowest BCUT2D eigenvalue weighted by Crippen LogP contribution is -2.25. The first-order chi connectivity index (χ1) is 19.7. The monoisotopic (exact) mass is 525 g/mol. The van der Waals surface area contributed by atoms with E-state index in [1.165, 1.54) is 109 Å². The lowest BCUT2D eigenvalue weighted by molar-refractivity contribution is 0.165. The van der Waals surface area contributed by atoms with Crippen molar-refractivity contribution in [2.24, 2.45) is 17.8 Å². The first-order valence-electron chi connectivity index (χ1n) is 16.4. The largest absolute Gasteiger partial charge is 0.356 e. The Kier molecular flexibility index (Phi) is 4.59. The summed E-state index contributed by atoms with van der Waals surface area (Å²) in [7, 11) is 0. The molecule has 0 aliphatic heterocycles. The summed E-state index contributed by atoms with van der Waals surface area (Å²) in [5.74, 6) is 5.48. The number of pyridine rings is 2. The Bertz CT molecular complexity index is 1850. The van der Waals surface area contributed by atoms with Crippen LogP contribution in [0.5, 0.6) is 0 Å². The van der Waals surface area contributed by atoms with Crippen molar-refractivity contribution in [1.82, 2.24) is 15.0 Å². The quantitative estimate of drug-likeness (QED) is 0.236. The highest BCUT2D eigenvalue weighted by Crippen LogP contribution is 2.56. The van der Waals surface area contributed by atoms with Crippen molar-refractivity contribution >= 4 is 43.6 Å². The fourth-order valence-electron chi connectivity index (χ4n) is 10.7. The van der Waals surface area contributed by atoms with E-state index in [0.29, 0.717) is 11.8 Å². The summed E-state index contributed by atoms with van der Waals surface area (Å²) >= 11 is 0. The molecule has 3 heteroatoms. The molecule has 3 saturated carbocycles. The van der Waals surface area contributed by atoms with Crippen molar-refractivity contribution in [3.05, 3.63) is 58.9 Å². The number of H-pyrrole nitrogens is 1. The second-order valence-electron chi connectivity index (χ2n) is 14.5. The predicted molar refractivity (Wildman–Crippen MR) is 164 cm³/mol. The standard InChI is InChI=1S/C37H39N3/c1-2-22-11-19-4-3-5-23(12-19)30-17-24-6-8-28-29-9-7-25-18-31-26-13-20-10-21(14-26)16-27(15-20)33(31)39-35(25)37(29)40-36(28)34(24)38-32(22)30/h6-9,17-23,26-27,38H,2-5,10-16H2,1H3. The molecule has 0 spiro atoms. The fraction of sp³-hybridized carbons (Fsp3) is 0.514. The highest BCUT2D eigenvalue weighted by molar-refractivity contribution is 6.20. The van der Waals surface area contributed by atoms with Gasteiger partial charge in [-0.2, -0.15) is 0 Å². The van der Waals surface area contributed by atoms with E-state index in [-0.39, 0.29) is 0 Å². The number of aromatic nitrogens is 3. The molecule has 5 atom stereocenters. The lowest BCUT2D eigenvalue weighted by atomic mass is 9.67. The van der Waals surface area contributed by atoms with Crippen molar-refractivity contribution in [2.45, 2.75) is 101 Å². The SMILES string of the molecule is CCC1CC2CCCC(C2)c2cc3ccc4c5ccc6cc7c(nc6c5nc4c3[nH]c21)C1CC2CC(CC7C2)C1. The van der Waals surface area contributed by atoms with Crippen LogP contribution in [-0.4, -0.2) is 15.0 Å². The maximum absolute atomic E-state index is 5.55. The summed E-state index contributed by atoms with van der Waals surface area (Å²) in [6, 6.07) is 14.4. The van der Waals surface area contributed by atoms with Gasteiger partial charge in [0.05, 0.1) is 22.1 Å². The van der Waals surface area contributed by atoms with E-state index in [2.05, 4.69) is 48.3 Å². The van der Waals surface area contributed by atoms with E-state index in [9.17, 15) is 0 Å². The number of hydrogen-bond acceptors (Lipinski definition) is 2. The van der Waals surface area contributed by atoms with Gasteiger partial charge in [0.2, 0.25) is 0 Å². The normalized spacial score (nSPS) is 32.5. The summed E-state index contributed by atoms with van der Waals surface area (Å²) in [4.78, 5) is 15.1. The first-order valence-corrected chi connectivity index (χ1v) is 16.4. The minimum absolute atomic E-state index is 0.635. The smallest absolute Gasteiger partial charge is 0.0979 e. The van der Waals surface area contributed by atoms with Crippen LogP contribution in [0.3, 0.4) is 0 Å². The van der Waals surface area contributed by atoms with E-state index < -0.39 is 0 Å². The summed E-state index contributed by atoms with van der Waals surface area (Å²) in [5.41, 5.74) is 10.8. The van der Waals surface area contributed by atoms with Gasteiger partial charge >= 0.3 is 0 Å². The molecule has 6 aliphatic carbocycles. The van der Waals surface area contributed by atoms with Gasteiger partial charge in [0.15, 0.2) is 0 Å². The summed E-state index contributed by atoms with van der Waals surface area (Å²) in [6.45, 7) is 2.39. The van der Waals surface area contributed by atoms with Gasteiger partial charge in [-0.05, 0) is 117 Å². The highest BCUT2D eigenvalue weighted by Gasteiger charge is 2.43. The Hall–Kier alpha value is -2.94. The third-order valence-electron chi connectivity index (χ3n) is 12.3. The molecule has 0 amide bonds. The van der Waals surface area contributed by atoms with E-state index in [4.69, 9.17) is 9.97 Å². The summed E-state index contributed by atoms with van der Waals surface area (Å²) in [5, 5.41) is 5.16. The number of nitrogens with one attached hydrogen (secondary N) is 1. The van der Waals surface area contributed by atoms with Crippen LogP contribution < -0.4 is 0 Å². The van der Waals surface area contributed by atoms with Crippen molar-refractivity contribution < 1.29 is 0 Å². The zero-order valence-corrected chi connectivity index (χ0v) is 23.7. The molecule has 6 aliphatic rings. The summed E-state index contributed by atoms with van der Waals surface area (Å²) in [6.07, 6.45) is 15.1. The first kappa shape index (κ1) is 22.7. The Morgan fingerprint density at radius 1 is 0.675 bits per heavy atom. The Balaban J connectivity index is 1.21. The topological polar surface area (TPSA) is 41.6 Å². The molecule has 0 radical (unpaired) electrons. The molecule has 6 bridgehead atoms. The van der Waals surface area contributed by atoms with Crippen LogP contribution in [0.4, 0.5) is 0 Å². The molecule has 11 rings (SSSR count). The van der Waals surface area contributed by atoms with Gasteiger partial charge in [-0.3, -0.25) is 0 Å². The molecule has 3 nitrogen and oxygen atoms in total. The number of benzene rings is 2. The summed E-state index contributed by atoms with van der Waals surface area (Å²) < 4.78 is 0. The van der Waals surface area contributed by atoms with Crippen molar-refractivity contribution in [2.75, 3.05) is 0 Å². The molecule has 5 aromatic rings. The predicted octanol–water partition coefficient (Wildman–Crippen LogP) is 9.98. The van der Waals surface area contributed by atoms with Gasteiger partial charge in [-0.1, -0.05) is 44.0 Å². The number of rotatable bonds is 1. The van der Waals surface area contributed by atoms with Crippen LogP contribution in [0, 0.1) is 17.8 Å². The zero-order valence-electron chi connectivity index (χ0n) is 23.7. The van der Waals surface area contributed by atoms with Gasteiger partial charge in [-0.25, -0.2) is 9.97 Å². The van der Waals surface area contributed by atoms with E-state index >= 15 is 0 Å². The van der Waals surface area contributed by atoms with E-state index in [0.717, 1.165) is 46.1 Å². The average molecular weight is 526 g/mol. The highest BCUT2D eigenvalue weighted by atomic mass is 14.8. The minimum Gasteiger partial charge on any atom is -0.356 e. The molecule has 3 heterocycles. The lowest BCUT2D eigenvalue weighted by Gasteiger charge is -2.38. The molecule has 202 valence electrons. The molecule has 3 fully saturated rings. The fourth-order valence-corrected chi connectivity index (χ4v) is 10.7. The molecular weight excluding hydrogens is 486 g/mol. The second-order valence-corrected chi connectivity index (χ2v) is 14.5. The van der Waals surface area contributed by atoms with Crippen LogP contribution in [0.15, 0.2) is 36.4 Å². The molecular formula is C37H39N3. The minimum atomic E-state index is 0.635. The third kappa shape index (κ3) is 3.07. The van der Waals surface area contributed by atoms with Crippen LogP contribution >= 0.6 is 0 Å². The van der Waals surface area contributed by atoms with Gasteiger partial charge in [0.1, 0.15) is 0 Å². The van der Waals surface area contributed by atoms with E-state index in [1.54, 1.807) is 11.1 Å². The number of hydrogen-bond donors (Lipinski definition) is 1. The van der Waals surface area contributed by atoms with Crippen molar-refractivity contribution in [3.8, 4) is 0 Å². The van der Waals surface area contributed by atoms with Gasteiger partial charge in [-0.15, -0.1) is 0 Å². The van der Waals surface area contributed by atoms with Gasteiger partial charge < -0.3 is 4.98 Å². The Morgan fingerprint density at radius 2 is 1.43 bits per heavy atom. The molecule has 1 N–H and O–H groups in total. The second kappa shape index (κ2) is 8.08. The maximum atomic E-state index is 5.55. The average Bonchev–Trinajstić information content (AvgIpc) is 3.24. The molecule has 2 aromatic carbocycles. The van der Waals surface area contributed by atoms with Crippen molar-refractivity contribution in [3.63, 3.8) is 0 Å². The third-order valence-corrected chi connectivity index (χ3v) is 12.3. The molecule has 0 saturated heterocycles. The van der Waals surface area contributed by atoms with E-state index in [1.807, 2.05) is 0 Å². The Labute approximate surface area is 236 Å².